The molecule has 172 valence electrons. The maximum atomic E-state index is 14.6. The summed E-state index contributed by atoms with van der Waals surface area (Å²) in [6.45, 7) is 4.84. The molecule has 2 fully saturated rings. The van der Waals surface area contributed by atoms with E-state index in [4.69, 9.17) is 14.2 Å². The van der Waals surface area contributed by atoms with Crippen molar-refractivity contribution >= 4 is 12.0 Å². The average molecular weight is 440 g/mol. The molecule has 2 aliphatic heterocycles. The molecule has 1 aromatic carbocycles. The number of benzene rings is 1. The Kier molecular flexibility index (Phi) is 7.16. The lowest BCUT2D eigenvalue weighted by atomic mass is 9.85. The van der Waals surface area contributed by atoms with Crippen LogP contribution in [-0.2, 0) is 19.0 Å². The lowest BCUT2D eigenvalue weighted by Crippen LogP contribution is -2.58. The molecule has 2 amide bonds. The van der Waals surface area contributed by atoms with Crippen LogP contribution >= 0.6 is 0 Å². The number of rotatable bonds is 5. The van der Waals surface area contributed by atoms with Gasteiger partial charge in [0.1, 0.15) is 17.7 Å². The Balaban J connectivity index is 1.86. The van der Waals surface area contributed by atoms with Gasteiger partial charge in [-0.25, -0.2) is 13.6 Å². The van der Waals surface area contributed by atoms with E-state index in [1.165, 1.54) is 17.0 Å². The lowest BCUT2D eigenvalue weighted by molar-refractivity contribution is -0.161. The molecule has 0 unspecified atom stereocenters. The first-order chi connectivity index (χ1) is 14.7. The van der Waals surface area contributed by atoms with Gasteiger partial charge >= 0.3 is 6.09 Å². The number of halogens is 2. The first-order valence-corrected chi connectivity index (χ1v) is 10.5. The monoisotopic (exact) mass is 440 g/mol. The van der Waals surface area contributed by atoms with E-state index in [0.717, 1.165) is 6.07 Å². The highest BCUT2D eigenvalue weighted by molar-refractivity contribution is 5.82. The second-order valence-electron chi connectivity index (χ2n) is 8.26. The van der Waals surface area contributed by atoms with Crippen molar-refractivity contribution in [3.8, 4) is 0 Å². The van der Waals surface area contributed by atoms with Gasteiger partial charge in [-0.2, -0.15) is 0 Å². The van der Waals surface area contributed by atoms with E-state index in [-0.39, 0.29) is 37.3 Å². The number of hydrogen-bond acceptors (Lipinski definition) is 5. The van der Waals surface area contributed by atoms with Crippen LogP contribution in [0.1, 0.15) is 31.7 Å². The zero-order valence-electron chi connectivity index (χ0n) is 18.4. The Labute approximate surface area is 181 Å². The van der Waals surface area contributed by atoms with Gasteiger partial charge in [-0.05, 0) is 31.9 Å². The Morgan fingerprint density at radius 3 is 2.52 bits per heavy atom. The molecule has 9 heteroatoms. The third-order valence-corrected chi connectivity index (χ3v) is 6.53. The predicted molar refractivity (Wildman–Crippen MR) is 109 cm³/mol. The smallest absolute Gasteiger partial charge is 0.409 e. The van der Waals surface area contributed by atoms with Crippen LogP contribution in [0.25, 0.3) is 0 Å². The number of ether oxygens (including phenoxy) is 3. The molecule has 0 aliphatic carbocycles. The van der Waals surface area contributed by atoms with Crippen molar-refractivity contribution in [2.24, 2.45) is 5.92 Å². The van der Waals surface area contributed by atoms with Crippen molar-refractivity contribution in [3.63, 3.8) is 0 Å². The average Bonchev–Trinajstić information content (AvgIpc) is 3.19. The molecule has 0 radical (unpaired) electrons. The normalized spacial score (nSPS) is 28.6. The number of methoxy groups -OCH3 is 2. The molecule has 2 saturated heterocycles. The number of carbonyl (C=O) groups excluding carboxylic acids is 2. The maximum absolute atomic E-state index is 14.6. The number of carbonyl (C=O) groups is 2. The Hall–Kier alpha value is -2.26. The van der Waals surface area contributed by atoms with Gasteiger partial charge in [-0.3, -0.25) is 4.79 Å². The van der Waals surface area contributed by atoms with E-state index < -0.39 is 35.2 Å². The third-order valence-electron chi connectivity index (χ3n) is 6.53. The van der Waals surface area contributed by atoms with Gasteiger partial charge in [0.25, 0.3) is 0 Å². The molecule has 2 aliphatic rings. The number of hydrogen-bond donors (Lipinski definition) is 0. The summed E-state index contributed by atoms with van der Waals surface area (Å²) in [4.78, 5) is 28.9. The number of likely N-dealkylation sites (tertiary alicyclic amines) is 2. The Morgan fingerprint density at radius 2 is 1.90 bits per heavy atom. The van der Waals surface area contributed by atoms with Crippen molar-refractivity contribution in [3.05, 3.63) is 35.4 Å². The summed E-state index contributed by atoms with van der Waals surface area (Å²) in [5.41, 5.74) is -0.297. The number of piperidine rings is 1. The number of amides is 2. The standard InChI is InChI=1S/C22H30F2N2O5/c1-5-31-21(28)26-11-16(15-7-6-14(23)10-18(15)24)17(12-26)20(27)25-9-8-22(2,30-4)19(13-25)29-3/h6-7,10,16-17,19H,5,8-9,11-13H2,1-4H3/t16-,17+,19-,22+/m0/s1. The molecule has 0 N–H and O–H groups in total. The van der Waals surface area contributed by atoms with Crippen LogP contribution in [0, 0.1) is 17.6 Å². The largest absolute Gasteiger partial charge is 0.450 e. The van der Waals surface area contributed by atoms with Crippen LogP contribution in [-0.4, -0.2) is 80.5 Å². The Morgan fingerprint density at radius 1 is 1.16 bits per heavy atom. The molecule has 7 nitrogen and oxygen atoms in total. The van der Waals surface area contributed by atoms with E-state index in [1.807, 2.05) is 6.92 Å². The summed E-state index contributed by atoms with van der Waals surface area (Å²) >= 11 is 0. The fourth-order valence-corrected chi connectivity index (χ4v) is 4.53. The van der Waals surface area contributed by atoms with Gasteiger partial charge < -0.3 is 24.0 Å². The third kappa shape index (κ3) is 4.67. The van der Waals surface area contributed by atoms with E-state index in [2.05, 4.69) is 0 Å². The first kappa shape index (κ1) is 23.4. The minimum atomic E-state index is -0.728. The van der Waals surface area contributed by atoms with Gasteiger partial charge in [-0.15, -0.1) is 0 Å². The summed E-state index contributed by atoms with van der Waals surface area (Å²) in [5, 5.41) is 0. The minimum Gasteiger partial charge on any atom is -0.450 e. The summed E-state index contributed by atoms with van der Waals surface area (Å²) in [6, 6.07) is 3.31. The van der Waals surface area contributed by atoms with Crippen molar-refractivity contribution in [1.82, 2.24) is 9.80 Å². The van der Waals surface area contributed by atoms with Crippen LogP contribution in [0.2, 0.25) is 0 Å². The zero-order chi connectivity index (χ0) is 22.8. The molecule has 4 atom stereocenters. The summed E-state index contributed by atoms with van der Waals surface area (Å²) in [7, 11) is 3.19. The molecule has 2 heterocycles. The quantitative estimate of drug-likeness (QED) is 0.704. The SMILES string of the molecule is CCOC(=O)N1C[C@@H](C(=O)N2CC[C@@](C)(OC)[C@@H](OC)C2)[C@H](c2ccc(F)cc2F)C1. The van der Waals surface area contributed by atoms with Crippen molar-refractivity contribution in [2.45, 2.75) is 37.9 Å². The van der Waals surface area contributed by atoms with Crippen LogP contribution in [0.15, 0.2) is 18.2 Å². The molecular weight excluding hydrogens is 410 g/mol. The fourth-order valence-electron chi connectivity index (χ4n) is 4.53. The van der Waals surface area contributed by atoms with E-state index in [0.29, 0.717) is 19.5 Å². The second kappa shape index (κ2) is 9.48. The topological polar surface area (TPSA) is 68.3 Å². The Bertz CT molecular complexity index is 823. The highest BCUT2D eigenvalue weighted by Gasteiger charge is 2.47. The van der Waals surface area contributed by atoms with E-state index >= 15 is 0 Å². The van der Waals surface area contributed by atoms with Gasteiger partial charge in [-0.1, -0.05) is 6.07 Å². The van der Waals surface area contributed by atoms with Gasteiger partial charge in [0.05, 0.1) is 18.1 Å². The number of nitrogens with zero attached hydrogens (tertiary/aromatic N) is 2. The van der Waals surface area contributed by atoms with E-state index in [9.17, 15) is 18.4 Å². The summed E-state index contributed by atoms with van der Waals surface area (Å²) < 4.78 is 44.3. The predicted octanol–water partition coefficient (Wildman–Crippen LogP) is 2.79. The van der Waals surface area contributed by atoms with E-state index in [1.54, 1.807) is 26.0 Å². The second-order valence-corrected chi connectivity index (χ2v) is 8.26. The lowest BCUT2D eigenvalue weighted by Gasteiger charge is -2.44. The molecule has 0 saturated carbocycles. The van der Waals surface area contributed by atoms with Crippen molar-refractivity contribution in [1.29, 1.82) is 0 Å². The van der Waals surface area contributed by atoms with Crippen molar-refractivity contribution < 1.29 is 32.6 Å². The molecule has 31 heavy (non-hydrogen) atoms. The minimum absolute atomic E-state index is 0.106. The zero-order valence-corrected chi connectivity index (χ0v) is 18.4. The fraction of sp³-hybridized carbons (Fsp3) is 0.636. The first-order valence-electron chi connectivity index (χ1n) is 10.5. The van der Waals surface area contributed by atoms with Crippen LogP contribution in [0.3, 0.4) is 0 Å². The summed E-state index contributed by atoms with van der Waals surface area (Å²) in [6.07, 6.45) is -0.290. The molecule has 1 aromatic rings. The molecular formula is C22H30F2N2O5. The van der Waals surface area contributed by atoms with Gasteiger partial charge in [0.15, 0.2) is 0 Å². The van der Waals surface area contributed by atoms with Crippen molar-refractivity contribution in [2.75, 3.05) is 47.0 Å². The van der Waals surface area contributed by atoms with Gasteiger partial charge in [0, 0.05) is 52.4 Å². The molecule has 0 spiro atoms. The summed E-state index contributed by atoms with van der Waals surface area (Å²) in [5.74, 6) is -2.89. The highest BCUT2D eigenvalue weighted by Crippen LogP contribution is 2.37. The van der Waals surface area contributed by atoms with Crippen LogP contribution in [0.5, 0.6) is 0 Å². The van der Waals surface area contributed by atoms with Crippen LogP contribution < -0.4 is 0 Å². The molecule has 0 bridgehead atoms. The van der Waals surface area contributed by atoms with Crippen LogP contribution in [0.4, 0.5) is 13.6 Å². The molecule has 0 aromatic heterocycles. The maximum Gasteiger partial charge on any atom is 0.409 e. The molecule has 3 rings (SSSR count). The highest BCUT2D eigenvalue weighted by atomic mass is 19.1. The van der Waals surface area contributed by atoms with Gasteiger partial charge in [0.2, 0.25) is 5.91 Å².